The SMILES string of the molecule is CC(C)(O/N=C(\C(=O)C[C@@H]1C(=O)N2C(C(=O)[O-])=C(C[n+]3ccc4ccn(Cc5cc(C(=N)N)cs5)c4c3)CS[C@H]12)c1nc(N)sc1Cl)C(=O)O.O=CO. The Kier molecular flexibility index (Phi) is 11.6. The molecule has 2 atom stereocenters. The monoisotopic (exact) mass is 802 g/mol. The van der Waals surface area contributed by atoms with Crippen molar-refractivity contribution in [1.82, 2.24) is 14.5 Å². The quantitative estimate of drug-likeness (QED) is 0.0321. The van der Waals surface area contributed by atoms with Gasteiger partial charge < -0.3 is 41.0 Å². The number of amides is 1. The molecule has 7 N–H and O–H groups in total. The fraction of sp³-hybridized carbons (Fsp3) is 0.281. The van der Waals surface area contributed by atoms with E-state index in [1.165, 1.54) is 36.9 Å². The lowest BCUT2D eigenvalue weighted by molar-refractivity contribution is -0.687. The van der Waals surface area contributed by atoms with Gasteiger partial charge in [-0.2, -0.15) is 4.57 Å². The summed E-state index contributed by atoms with van der Waals surface area (Å²) in [6.45, 7) is 2.94. The summed E-state index contributed by atoms with van der Waals surface area (Å²) in [7, 11) is 0. The van der Waals surface area contributed by atoms with Gasteiger partial charge >= 0.3 is 5.97 Å². The maximum Gasteiger partial charge on any atom is 0.350 e. The van der Waals surface area contributed by atoms with Crippen molar-refractivity contribution >= 4 is 104 Å². The molecule has 1 saturated heterocycles. The maximum absolute atomic E-state index is 13.6. The maximum atomic E-state index is 13.6. The van der Waals surface area contributed by atoms with Crippen LogP contribution in [0.2, 0.25) is 4.34 Å². The van der Waals surface area contributed by atoms with Crippen molar-refractivity contribution in [2.75, 3.05) is 11.5 Å². The minimum atomic E-state index is -1.80. The van der Waals surface area contributed by atoms with Crippen LogP contribution in [-0.2, 0) is 41.9 Å². The average Bonchev–Trinajstić information content (AvgIpc) is 3.82. The number of ketones is 1. The summed E-state index contributed by atoms with van der Waals surface area (Å²) in [6.07, 6.45) is 5.27. The molecule has 0 radical (unpaired) electrons. The van der Waals surface area contributed by atoms with E-state index in [1.807, 2.05) is 51.3 Å². The number of hydrogen-bond donors (Lipinski definition) is 5. The van der Waals surface area contributed by atoms with Gasteiger partial charge in [-0.05, 0) is 26.0 Å². The molecule has 1 amide bonds. The van der Waals surface area contributed by atoms with Crippen LogP contribution in [0, 0.1) is 11.3 Å². The van der Waals surface area contributed by atoms with E-state index in [0.717, 1.165) is 32.0 Å². The third-order valence-corrected chi connectivity index (χ3v) is 11.6. The first-order chi connectivity index (χ1) is 25.1. The number of aromatic nitrogens is 3. The lowest BCUT2D eigenvalue weighted by Crippen LogP contribution is -2.63. The second-order valence-corrected chi connectivity index (χ2v) is 15.9. The van der Waals surface area contributed by atoms with Gasteiger partial charge in [0.1, 0.15) is 21.4 Å². The van der Waals surface area contributed by atoms with Gasteiger partial charge in [-0.25, -0.2) is 9.78 Å². The van der Waals surface area contributed by atoms with Crippen LogP contribution in [0.5, 0.6) is 0 Å². The zero-order valence-corrected chi connectivity index (χ0v) is 31.1. The third kappa shape index (κ3) is 8.19. The number of thioether (sulfide) groups is 1. The van der Waals surface area contributed by atoms with Gasteiger partial charge in [0.15, 0.2) is 35.6 Å². The van der Waals surface area contributed by atoms with Gasteiger partial charge in [0, 0.05) is 51.2 Å². The van der Waals surface area contributed by atoms with Crippen molar-refractivity contribution in [2.24, 2.45) is 16.8 Å². The van der Waals surface area contributed by atoms with E-state index in [1.54, 1.807) is 0 Å². The van der Waals surface area contributed by atoms with E-state index in [-0.39, 0.29) is 45.5 Å². The largest absolute Gasteiger partial charge is 0.543 e. The molecule has 1 fully saturated rings. The third-order valence-electron chi connectivity index (χ3n) is 8.16. The molecule has 0 spiro atoms. The molecule has 0 unspecified atom stereocenters. The molecule has 2 aliphatic rings. The van der Waals surface area contributed by atoms with Gasteiger partial charge in [-0.15, -0.1) is 23.1 Å². The average molecular weight is 803 g/mol. The Morgan fingerprint density at radius 2 is 2.04 bits per heavy atom. The number of nitrogens with one attached hydrogen (secondary N) is 1. The van der Waals surface area contributed by atoms with Crippen molar-refractivity contribution < 1.29 is 48.7 Å². The van der Waals surface area contributed by atoms with Crippen LogP contribution >= 0.6 is 46.0 Å². The van der Waals surface area contributed by atoms with Crippen LogP contribution < -0.4 is 21.1 Å². The number of nitrogens with zero attached hydrogens (tertiary/aromatic N) is 5. The number of nitrogens with two attached hydrogens (primary N) is 2. The summed E-state index contributed by atoms with van der Waals surface area (Å²) >= 11 is 9.93. The van der Waals surface area contributed by atoms with Crippen LogP contribution in [0.4, 0.5) is 5.13 Å². The van der Waals surface area contributed by atoms with Gasteiger partial charge in [-0.1, -0.05) is 28.1 Å². The Morgan fingerprint density at radius 1 is 1.32 bits per heavy atom. The van der Waals surface area contributed by atoms with Crippen molar-refractivity contribution in [2.45, 2.75) is 44.3 Å². The molecule has 4 aromatic rings. The molecular weight excluding hydrogens is 772 g/mol. The Balaban J connectivity index is 0.00000175. The first-order valence-corrected chi connectivity index (χ1v) is 18.5. The zero-order chi connectivity index (χ0) is 38.8. The number of amidine groups is 1. The number of hydrogen-bond acceptors (Lipinski definition) is 14. The smallest absolute Gasteiger partial charge is 0.350 e. The number of Topliss-reactive ketones (excluding diaryl/α,β-unsaturated/α-hetero) is 1. The number of carbonyl (C=O) groups excluding carboxylic acids is 3. The van der Waals surface area contributed by atoms with E-state index in [0.29, 0.717) is 17.7 Å². The normalized spacial score (nSPS) is 17.1. The number of fused-ring (bicyclic) bond motifs is 2. The lowest BCUT2D eigenvalue weighted by Gasteiger charge is -2.50. The molecule has 17 nitrogen and oxygen atoms in total. The van der Waals surface area contributed by atoms with Crippen LogP contribution in [0.15, 0.2) is 58.6 Å². The fourth-order valence-corrected chi connectivity index (χ4v) is 8.72. The number of carboxylic acid groups (broad SMARTS) is 3. The number of carbonyl (C=O) groups is 5. The predicted octanol–water partition coefficient (Wildman–Crippen LogP) is 1.49. The predicted molar refractivity (Wildman–Crippen MR) is 194 cm³/mol. The molecule has 2 aliphatic heterocycles. The minimum Gasteiger partial charge on any atom is -0.543 e. The molecule has 0 saturated carbocycles. The number of pyridine rings is 1. The molecule has 278 valence electrons. The lowest BCUT2D eigenvalue weighted by atomic mass is 9.89. The zero-order valence-electron chi connectivity index (χ0n) is 27.8. The number of rotatable bonds is 13. The number of thiazole rings is 1. The molecule has 21 heteroatoms. The van der Waals surface area contributed by atoms with E-state index in [9.17, 15) is 29.4 Å². The van der Waals surface area contributed by atoms with Gasteiger partial charge in [0.05, 0.1) is 29.5 Å². The molecule has 53 heavy (non-hydrogen) atoms. The summed E-state index contributed by atoms with van der Waals surface area (Å²) in [5, 5.41) is 42.4. The summed E-state index contributed by atoms with van der Waals surface area (Å²) in [5.74, 6) is -4.81. The van der Waals surface area contributed by atoms with Gasteiger partial charge in [0.2, 0.25) is 11.5 Å². The summed E-state index contributed by atoms with van der Waals surface area (Å²) in [6, 6.07) is 5.76. The van der Waals surface area contributed by atoms with Gasteiger partial charge in [0.25, 0.3) is 6.47 Å². The Labute approximate surface area is 317 Å². The van der Waals surface area contributed by atoms with E-state index < -0.39 is 52.7 Å². The summed E-state index contributed by atoms with van der Waals surface area (Å²) in [4.78, 5) is 70.8. The number of aliphatic carboxylic acids is 2. The summed E-state index contributed by atoms with van der Waals surface area (Å²) in [5.41, 5.74) is 10.8. The number of thiophene rings is 1. The number of oxime groups is 1. The van der Waals surface area contributed by atoms with Crippen LogP contribution in [0.1, 0.15) is 36.4 Å². The summed E-state index contributed by atoms with van der Waals surface area (Å²) < 4.78 is 3.90. The number of carboxylic acids is 2. The number of nitrogen functional groups attached to an aromatic ring is 2. The highest BCUT2D eigenvalue weighted by molar-refractivity contribution is 8.00. The van der Waals surface area contributed by atoms with Crippen molar-refractivity contribution in [3.63, 3.8) is 0 Å². The molecule has 0 bridgehead atoms. The van der Waals surface area contributed by atoms with Gasteiger partial charge in [-0.3, -0.25) is 24.7 Å². The minimum absolute atomic E-state index is 0.00219. The van der Waals surface area contributed by atoms with E-state index in [4.69, 9.17) is 43.2 Å². The highest BCUT2D eigenvalue weighted by Gasteiger charge is 2.53. The Morgan fingerprint density at radius 3 is 2.64 bits per heavy atom. The molecular formula is C32H31ClN8O9S3. The van der Waals surface area contributed by atoms with Crippen molar-refractivity contribution in [3.05, 3.63) is 73.9 Å². The van der Waals surface area contributed by atoms with E-state index >= 15 is 0 Å². The highest BCUT2D eigenvalue weighted by atomic mass is 35.5. The number of β-lactam (4-membered cyclic amide) rings is 1. The number of halogens is 1. The molecule has 6 rings (SSSR count). The Hall–Kier alpha value is -5.31. The molecule has 0 aromatic carbocycles. The van der Waals surface area contributed by atoms with Crippen molar-refractivity contribution in [3.8, 4) is 0 Å². The highest BCUT2D eigenvalue weighted by Crippen LogP contribution is 2.45. The van der Waals surface area contributed by atoms with Crippen molar-refractivity contribution in [1.29, 1.82) is 5.41 Å². The molecule has 0 aliphatic carbocycles. The first kappa shape index (κ1) is 38.9. The molecule has 6 heterocycles. The second-order valence-electron chi connectivity index (χ2n) is 12.1. The Bertz CT molecular complexity index is 2210. The second kappa shape index (κ2) is 15.7. The topological polar surface area (TPSA) is 271 Å². The first-order valence-electron chi connectivity index (χ1n) is 15.4. The van der Waals surface area contributed by atoms with Crippen LogP contribution in [0.3, 0.4) is 0 Å². The van der Waals surface area contributed by atoms with E-state index in [2.05, 4.69) is 10.1 Å². The van der Waals surface area contributed by atoms with Crippen LogP contribution in [0.25, 0.3) is 10.9 Å². The standard InChI is InChI=1S/C31H29ClN8O7S3.CH2O2/c1-31(2,29(45)46)47-37-21(22-24(32)50-30(35)36-22)20(41)8-18-26(42)40-23(28(43)44)16(13-49-27(18)40)9-38-5-3-14-4-6-39(19(14)11-38)10-17-7-15(12-48-17)25(33)34;2-1-3/h3-7,11-12,18,27H,8-10,13H2,1-2H3,(H6-,33,34,35,36,43,44,45,46);1H,(H,2,3)/b37-21+;/t18-,27-;/m1./s1. The number of anilines is 1. The fourth-order valence-electron chi connectivity index (χ4n) is 5.51. The van der Waals surface area contributed by atoms with Crippen LogP contribution in [-0.4, -0.2) is 83.0 Å². The molecule has 4 aromatic heterocycles.